The van der Waals surface area contributed by atoms with Crippen LogP contribution in [0.2, 0.25) is 0 Å². The number of hydrogen-bond donors (Lipinski definition) is 1. The molecule has 3 nitrogen and oxygen atoms in total. The topological polar surface area (TPSA) is 54.4 Å². The molecule has 0 heterocycles. The highest BCUT2D eigenvalue weighted by molar-refractivity contribution is 7.89. The molecule has 0 unspecified atom stereocenters. The van der Waals surface area contributed by atoms with Crippen LogP contribution < -0.4 is 0 Å². The standard InChI is InChI=1S/C9HF17O3S/c10-1(2(11)30(27,28)29)3(12,13)4(14,15)5(16,17)6(18,19)7(20,21)8(22,23)9(24,25)26/h(H,27,28,29). The largest absolute Gasteiger partial charge is 0.460 e. The zero-order valence-corrected chi connectivity index (χ0v) is 13.4. The second kappa shape index (κ2) is 6.99. The Morgan fingerprint density at radius 3 is 1.07 bits per heavy atom. The minimum absolute atomic E-state index is 4.43. The van der Waals surface area contributed by atoms with Crippen molar-refractivity contribution in [2.45, 2.75) is 41.7 Å². The average Bonchev–Trinajstić information content (AvgIpc) is 2.50. The molecule has 0 saturated carbocycles. The van der Waals surface area contributed by atoms with E-state index in [2.05, 4.69) is 0 Å². The minimum Gasteiger partial charge on any atom is -0.280 e. The molecule has 0 spiro atoms. The van der Waals surface area contributed by atoms with Crippen LogP contribution in [0.4, 0.5) is 74.6 Å². The third kappa shape index (κ3) is 3.66. The van der Waals surface area contributed by atoms with Crippen LogP contribution in [0.3, 0.4) is 0 Å². The maximum Gasteiger partial charge on any atom is 0.460 e. The lowest BCUT2D eigenvalue weighted by Gasteiger charge is -2.41. The van der Waals surface area contributed by atoms with Crippen molar-refractivity contribution in [1.29, 1.82) is 0 Å². The third-order valence-corrected chi connectivity index (χ3v) is 3.63. The van der Waals surface area contributed by atoms with Gasteiger partial charge in [0, 0.05) is 0 Å². The van der Waals surface area contributed by atoms with Crippen LogP contribution in [0, 0.1) is 0 Å². The molecule has 0 aliphatic carbocycles. The van der Waals surface area contributed by atoms with Gasteiger partial charge in [-0.3, -0.25) is 4.55 Å². The number of allylic oxidation sites excluding steroid dienone is 1. The van der Waals surface area contributed by atoms with E-state index in [-0.39, 0.29) is 0 Å². The van der Waals surface area contributed by atoms with Gasteiger partial charge < -0.3 is 0 Å². The fourth-order valence-corrected chi connectivity index (χ4v) is 1.70. The normalized spacial score (nSPS) is 17.1. The predicted octanol–water partition coefficient (Wildman–Crippen LogP) is 5.36. The Balaban J connectivity index is 6.93. The Hall–Kier alpha value is -1.54. The SMILES string of the molecule is O=S(=O)(O)C(F)=C(F)C(F)(F)C(F)(F)C(F)(F)C(F)(F)C(F)(F)C(F)(F)C(F)(F)F. The van der Waals surface area contributed by atoms with Gasteiger partial charge in [0.25, 0.3) is 5.16 Å². The molecule has 0 aromatic rings. The first-order valence-electron chi connectivity index (χ1n) is 5.93. The van der Waals surface area contributed by atoms with Crippen molar-refractivity contribution in [1.82, 2.24) is 0 Å². The Labute approximate surface area is 151 Å². The minimum atomic E-state index is -8.76. The molecular weight excluding hydrogens is 511 g/mol. The van der Waals surface area contributed by atoms with E-state index in [0.717, 1.165) is 0 Å². The van der Waals surface area contributed by atoms with Crippen molar-refractivity contribution in [3.63, 3.8) is 0 Å². The van der Waals surface area contributed by atoms with Crippen LogP contribution in [0.25, 0.3) is 0 Å². The van der Waals surface area contributed by atoms with Crippen LogP contribution in [0.15, 0.2) is 11.0 Å². The molecule has 0 atom stereocenters. The molecule has 0 saturated heterocycles. The maximum atomic E-state index is 13.1. The average molecular weight is 512 g/mol. The molecule has 0 bridgehead atoms. The van der Waals surface area contributed by atoms with E-state index in [4.69, 9.17) is 4.55 Å². The molecule has 30 heavy (non-hydrogen) atoms. The smallest absolute Gasteiger partial charge is 0.280 e. The molecule has 21 heteroatoms. The van der Waals surface area contributed by atoms with Gasteiger partial charge in [0.05, 0.1) is 0 Å². The van der Waals surface area contributed by atoms with Gasteiger partial charge in [-0.2, -0.15) is 78.7 Å². The van der Waals surface area contributed by atoms with E-state index in [1.54, 1.807) is 0 Å². The zero-order valence-electron chi connectivity index (χ0n) is 12.6. The van der Waals surface area contributed by atoms with E-state index in [1.165, 1.54) is 0 Å². The highest BCUT2D eigenvalue weighted by Crippen LogP contribution is 2.63. The quantitative estimate of drug-likeness (QED) is 0.370. The molecular formula is C9HF17O3S. The van der Waals surface area contributed by atoms with Gasteiger partial charge in [-0.05, 0) is 0 Å². The second-order valence-electron chi connectivity index (χ2n) is 5.01. The van der Waals surface area contributed by atoms with Gasteiger partial charge in [-0.25, -0.2) is 4.39 Å². The third-order valence-electron chi connectivity index (χ3n) is 3.00. The van der Waals surface area contributed by atoms with Crippen LogP contribution >= 0.6 is 0 Å². The summed E-state index contributed by atoms with van der Waals surface area (Å²) >= 11 is 0. The summed E-state index contributed by atoms with van der Waals surface area (Å²) in [5.74, 6) is -55.8. The highest BCUT2D eigenvalue weighted by atomic mass is 32.2. The second-order valence-corrected chi connectivity index (χ2v) is 6.32. The first kappa shape index (κ1) is 28.5. The first-order chi connectivity index (χ1) is 12.6. The molecule has 0 aliphatic heterocycles. The Morgan fingerprint density at radius 1 is 0.533 bits per heavy atom. The van der Waals surface area contributed by atoms with Gasteiger partial charge in [-0.1, -0.05) is 0 Å². The van der Waals surface area contributed by atoms with E-state index in [1.807, 2.05) is 0 Å². The zero-order chi connectivity index (χ0) is 25.2. The van der Waals surface area contributed by atoms with Crippen LogP contribution in [-0.2, 0) is 10.1 Å². The Morgan fingerprint density at radius 2 is 0.800 bits per heavy atom. The number of alkyl halides is 15. The van der Waals surface area contributed by atoms with Crippen molar-refractivity contribution >= 4 is 10.1 Å². The van der Waals surface area contributed by atoms with Gasteiger partial charge in [-0.15, -0.1) is 0 Å². The molecule has 1 N–H and O–H groups in total. The molecule has 0 amide bonds. The van der Waals surface area contributed by atoms with E-state index < -0.39 is 62.8 Å². The molecule has 0 aliphatic rings. The van der Waals surface area contributed by atoms with Crippen molar-refractivity contribution < 1.29 is 87.6 Å². The van der Waals surface area contributed by atoms with Gasteiger partial charge in [0.2, 0.25) is 5.83 Å². The van der Waals surface area contributed by atoms with E-state index >= 15 is 0 Å². The monoisotopic (exact) mass is 512 g/mol. The fourth-order valence-electron chi connectivity index (χ4n) is 1.34. The number of halogens is 17. The first-order valence-corrected chi connectivity index (χ1v) is 7.37. The molecule has 0 radical (unpaired) electrons. The van der Waals surface area contributed by atoms with Gasteiger partial charge >= 0.3 is 51.8 Å². The summed E-state index contributed by atoms with van der Waals surface area (Å²) in [4.78, 5) is 0. The summed E-state index contributed by atoms with van der Waals surface area (Å²) < 4.78 is 244. The predicted molar refractivity (Wildman–Crippen MR) is 56.5 cm³/mol. The van der Waals surface area contributed by atoms with Gasteiger partial charge in [0.1, 0.15) is 0 Å². The lowest BCUT2D eigenvalue weighted by atomic mass is 9.91. The Bertz CT molecular complexity index is 805. The summed E-state index contributed by atoms with van der Waals surface area (Å²) in [6, 6.07) is 0. The number of rotatable bonds is 7. The van der Waals surface area contributed by atoms with Crippen molar-refractivity contribution in [2.24, 2.45) is 0 Å². The molecule has 0 fully saturated rings. The fraction of sp³-hybridized carbons (Fsp3) is 0.778. The van der Waals surface area contributed by atoms with E-state index in [9.17, 15) is 83.1 Å². The van der Waals surface area contributed by atoms with Crippen molar-refractivity contribution in [2.75, 3.05) is 0 Å². The van der Waals surface area contributed by atoms with Crippen LogP contribution in [0.5, 0.6) is 0 Å². The summed E-state index contributed by atoms with van der Waals surface area (Å²) in [5.41, 5.74) is 0. The maximum absolute atomic E-state index is 13.1. The summed E-state index contributed by atoms with van der Waals surface area (Å²) in [7, 11) is -6.92. The highest BCUT2D eigenvalue weighted by Gasteiger charge is 2.93. The lowest BCUT2D eigenvalue weighted by molar-refractivity contribution is -0.450. The molecule has 180 valence electrons. The lowest BCUT2D eigenvalue weighted by Crippen LogP contribution is -2.72. The molecule has 0 aromatic heterocycles. The summed E-state index contributed by atoms with van der Waals surface area (Å²) in [6.45, 7) is 0. The van der Waals surface area contributed by atoms with Crippen LogP contribution in [0.1, 0.15) is 0 Å². The van der Waals surface area contributed by atoms with Gasteiger partial charge in [0.15, 0.2) is 0 Å². The number of hydrogen-bond acceptors (Lipinski definition) is 2. The van der Waals surface area contributed by atoms with Crippen LogP contribution in [-0.4, -0.2) is 54.7 Å². The summed E-state index contributed by atoms with van der Waals surface area (Å²) in [5, 5.41) is -4.43. The Kier molecular flexibility index (Phi) is 6.63. The molecule has 0 aromatic carbocycles. The van der Waals surface area contributed by atoms with Crippen molar-refractivity contribution in [3.05, 3.63) is 11.0 Å². The summed E-state index contributed by atoms with van der Waals surface area (Å²) in [6.07, 6.45) is -7.85. The van der Waals surface area contributed by atoms with E-state index in [0.29, 0.717) is 0 Å². The van der Waals surface area contributed by atoms with Crippen molar-refractivity contribution in [3.8, 4) is 0 Å². The molecule has 0 rings (SSSR count).